The van der Waals surface area contributed by atoms with Gasteiger partial charge in [-0.05, 0) is 43.2 Å². The first-order chi connectivity index (χ1) is 13.6. The van der Waals surface area contributed by atoms with E-state index in [2.05, 4.69) is 5.10 Å². The van der Waals surface area contributed by atoms with E-state index in [9.17, 15) is 27.1 Å². The largest absolute Gasteiger partial charge is 0.503 e. The lowest BCUT2D eigenvalue weighted by atomic mass is 9.79. The summed E-state index contributed by atoms with van der Waals surface area (Å²) in [6.45, 7) is 1.81. The normalized spacial score (nSPS) is 17.1. The third kappa shape index (κ3) is 3.18. The third-order valence-corrected chi connectivity index (χ3v) is 5.73. The molecule has 29 heavy (non-hydrogen) atoms. The fourth-order valence-corrected chi connectivity index (χ4v) is 3.65. The van der Waals surface area contributed by atoms with Crippen LogP contribution in [0.5, 0.6) is 5.75 Å². The molecule has 0 spiro atoms. The summed E-state index contributed by atoms with van der Waals surface area (Å²) < 4.78 is 68.6. The summed E-state index contributed by atoms with van der Waals surface area (Å²) in [6, 6.07) is 7.75. The molecule has 0 aliphatic carbocycles. The fourth-order valence-electron chi connectivity index (χ4n) is 3.65. The van der Waals surface area contributed by atoms with Gasteiger partial charge in [-0.1, -0.05) is 6.92 Å². The van der Waals surface area contributed by atoms with Gasteiger partial charge in [0.2, 0.25) is 0 Å². The number of piperidine rings is 1. The number of phenolic OH excluding ortho intramolecular Hbond substituents is 1. The Bertz CT molecular complexity index is 1050. The number of aromatic hydroxyl groups is 1. The average Bonchev–Trinajstić information content (AvgIpc) is 3.10. The van der Waals surface area contributed by atoms with Crippen molar-refractivity contribution < 1.29 is 27.1 Å². The number of anilines is 1. The molecule has 2 aromatic carbocycles. The minimum atomic E-state index is -4.22. The number of benzene rings is 2. The molecule has 0 bridgehead atoms. The minimum Gasteiger partial charge on any atom is -0.503 e. The molecule has 1 aliphatic rings. The van der Waals surface area contributed by atoms with Crippen molar-refractivity contribution in [2.24, 2.45) is 5.41 Å². The monoisotopic (exact) mass is 411 g/mol. The van der Waals surface area contributed by atoms with Crippen molar-refractivity contribution in [1.29, 1.82) is 0 Å². The Kier molecular flexibility index (Phi) is 4.43. The first kappa shape index (κ1) is 19.5. The number of hydrogen-bond donors (Lipinski definition) is 1. The smallest absolute Gasteiger partial charge is 0.394 e. The van der Waals surface area contributed by atoms with Crippen molar-refractivity contribution >= 4 is 16.6 Å². The molecule has 0 saturated carbocycles. The van der Waals surface area contributed by atoms with Crippen LogP contribution < -0.4 is 4.90 Å². The first-order valence-electron chi connectivity index (χ1n) is 9.07. The van der Waals surface area contributed by atoms with Gasteiger partial charge in [-0.25, -0.2) is 13.5 Å². The molecular weight excluding hydrogens is 393 g/mol. The summed E-state index contributed by atoms with van der Waals surface area (Å²) in [5.74, 6) is -3.25. The zero-order valence-electron chi connectivity index (χ0n) is 15.5. The van der Waals surface area contributed by atoms with E-state index in [0.717, 1.165) is 11.8 Å². The Morgan fingerprint density at radius 2 is 1.62 bits per heavy atom. The average molecular weight is 411 g/mol. The van der Waals surface area contributed by atoms with Crippen molar-refractivity contribution in [1.82, 2.24) is 9.78 Å². The van der Waals surface area contributed by atoms with Gasteiger partial charge in [0.1, 0.15) is 5.52 Å². The van der Waals surface area contributed by atoms with Gasteiger partial charge in [0, 0.05) is 24.2 Å². The lowest BCUT2D eigenvalue weighted by Gasteiger charge is -2.41. The SMILES string of the molecule is CC1(C(F)(F)F)CCN(c2ccc(-n3ncc4cc(F)c(O)c(F)c43)cc2)CC1. The number of halogens is 5. The van der Waals surface area contributed by atoms with Gasteiger partial charge >= 0.3 is 6.18 Å². The van der Waals surface area contributed by atoms with Gasteiger partial charge in [0.25, 0.3) is 0 Å². The van der Waals surface area contributed by atoms with Gasteiger partial charge in [0.05, 0.1) is 17.3 Å². The van der Waals surface area contributed by atoms with E-state index < -0.39 is 29.0 Å². The number of nitrogens with zero attached hydrogens (tertiary/aromatic N) is 3. The summed E-state index contributed by atoms with van der Waals surface area (Å²) in [7, 11) is 0. The van der Waals surface area contributed by atoms with E-state index in [1.54, 1.807) is 24.3 Å². The maximum absolute atomic E-state index is 14.3. The van der Waals surface area contributed by atoms with Crippen molar-refractivity contribution in [2.45, 2.75) is 25.9 Å². The molecule has 0 atom stereocenters. The van der Waals surface area contributed by atoms with Crippen LogP contribution in [0.4, 0.5) is 27.6 Å². The fraction of sp³-hybridized carbons (Fsp3) is 0.350. The van der Waals surface area contributed by atoms with Gasteiger partial charge in [-0.2, -0.15) is 18.3 Å². The molecule has 1 saturated heterocycles. The summed E-state index contributed by atoms with van der Waals surface area (Å²) in [5, 5.41) is 13.8. The third-order valence-electron chi connectivity index (χ3n) is 5.73. The molecule has 1 aromatic heterocycles. The first-order valence-corrected chi connectivity index (χ1v) is 9.07. The molecule has 0 unspecified atom stereocenters. The molecule has 1 aliphatic heterocycles. The lowest BCUT2D eigenvalue weighted by Crippen LogP contribution is -2.46. The molecule has 3 aromatic rings. The van der Waals surface area contributed by atoms with Crippen LogP contribution in [-0.4, -0.2) is 34.2 Å². The second-order valence-corrected chi connectivity index (χ2v) is 7.58. The standard InChI is InChI=1S/C20H18F5N3O/c1-19(20(23,24)25)6-8-27(9-7-19)13-2-4-14(5-3-13)28-17-12(11-26-28)10-15(21)18(29)16(17)22/h2-5,10-11,29H,6-9H2,1H3. The maximum atomic E-state index is 14.3. The Hall–Kier alpha value is -2.84. The predicted octanol–water partition coefficient (Wildman–Crippen LogP) is 5.18. The Morgan fingerprint density at radius 1 is 1.03 bits per heavy atom. The number of alkyl halides is 3. The zero-order valence-corrected chi connectivity index (χ0v) is 15.5. The van der Waals surface area contributed by atoms with Crippen LogP contribution in [0.2, 0.25) is 0 Å². The Balaban J connectivity index is 1.59. The molecule has 1 fully saturated rings. The van der Waals surface area contributed by atoms with E-state index in [1.807, 2.05) is 4.90 Å². The summed E-state index contributed by atoms with van der Waals surface area (Å²) in [4.78, 5) is 1.88. The van der Waals surface area contributed by atoms with Crippen LogP contribution in [0.15, 0.2) is 36.5 Å². The molecule has 4 rings (SSSR count). The van der Waals surface area contributed by atoms with Crippen molar-refractivity contribution in [3.8, 4) is 11.4 Å². The molecule has 1 N–H and O–H groups in total. The summed E-state index contributed by atoms with van der Waals surface area (Å²) in [6.07, 6.45) is -2.91. The Morgan fingerprint density at radius 3 is 2.21 bits per heavy atom. The quantitative estimate of drug-likeness (QED) is 0.591. The zero-order chi connectivity index (χ0) is 21.0. The molecule has 0 radical (unpaired) electrons. The second-order valence-electron chi connectivity index (χ2n) is 7.58. The van der Waals surface area contributed by atoms with Crippen molar-refractivity contribution in [3.05, 3.63) is 48.2 Å². The van der Waals surface area contributed by atoms with E-state index in [1.165, 1.54) is 17.8 Å². The molecule has 154 valence electrons. The number of rotatable bonds is 2. The number of phenols is 1. The van der Waals surface area contributed by atoms with Crippen LogP contribution in [0.25, 0.3) is 16.6 Å². The minimum absolute atomic E-state index is 0.0120. The van der Waals surface area contributed by atoms with Crippen LogP contribution in [0, 0.1) is 17.0 Å². The summed E-state index contributed by atoms with van der Waals surface area (Å²) >= 11 is 0. The van der Waals surface area contributed by atoms with Gasteiger partial charge < -0.3 is 10.0 Å². The highest BCUT2D eigenvalue weighted by molar-refractivity contribution is 5.82. The van der Waals surface area contributed by atoms with E-state index in [0.29, 0.717) is 5.69 Å². The number of hydrogen-bond acceptors (Lipinski definition) is 3. The molecule has 9 heteroatoms. The van der Waals surface area contributed by atoms with Crippen LogP contribution in [0.1, 0.15) is 19.8 Å². The van der Waals surface area contributed by atoms with Crippen molar-refractivity contribution in [2.75, 3.05) is 18.0 Å². The van der Waals surface area contributed by atoms with E-state index in [4.69, 9.17) is 0 Å². The van der Waals surface area contributed by atoms with Gasteiger partial charge in [-0.3, -0.25) is 0 Å². The van der Waals surface area contributed by atoms with E-state index >= 15 is 0 Å². The maximum Gasteiger partial charge on any atom is 0.394 e. The lowest BCUT2D eigenvalue weighted by molar-refractivity contribution is -0.224. The predicted molar refractivity (Wildman–Crippen MR) is 98.3 cm³/mol. The molecular formula is C20H18F5N3O. The highest BCUT2D eigenvalue weighted by Crippen LogP contribution is 2.46. The highest BCUT2D eigenvalue weighted by atomic mass is 19.4. The molecule has 0 amide bonds. The number of fused-ring (bicyclic) bond motifs is 1. The highest BCUT2D eigenvalue weighted by Gasteiger charge is 2.51. The van der Waals surface area contributed by atoms with Gasteiger partial charge in [0.15, 0.2) is 17.4 Å². The van der Waals surface area contributed by atoms with Crippen LogP contribution >= 0.6 is 0 Å². The summed E-state index contributed by atoms with van der Waals surface area (Å²) in [5.41, 5.74) is -0.503. The van der Waals surface area contributed by atoms with E-state index in [-0.39, 0.29) is 36.8 Å². The molecule has 4 nitrogen and oxygen atoms in total. The second kappa shape index (κ2) is 6.60. The van der Waals surface area contributed by atoms with Crippen LogP contribution in [0.3, 0.4) is 0 Å². The molecule has 2 heterocycles. The van der Waals surface area contributed by atoms with Crippen molar-refractivity contribution in [3.63, 3.8) is 0 Å². The van der Waals surface area contributed by atoms with Crippen LogP contribution in [-0.2, 0) is 0 Å². The topological polar surface area (TPSA) is 41.3 Å². The number of aromatic nitrogens is 2. The Labute approximate surface area is 163 Å². The van der Waals surface area contributed by atoms with Gasteiger partial charge in [-0.15, -0.1) is 0 Å².